The van der Waals surface area contributed by atoms with E-state index in [2.05, 4.69) is 16.4 Å². The van der Waals surface area contributed by atoms with Gasteiger partial charge < -0.3 is 14.8 Å². The summed E-state index contributed by atoms with van der Waals surface area (Å²) in [5.41, 5.74) is 1.10. The van der Waals surface area contributed by atoms with Gasteiger partial charge in [0, 0.05) is 11.5 Å². The second-order valence-electron chi connectivity index (χ2n) is 5.05. The summed E-state index contributed by atoms with van der Waals surface area (Å²) in [5.74, 6) is 2.31. The molecule has 4 nitrogen and oxygen atoms in total. The van der Waals surface area contributed by atoms with E-state index in [0.29, 0.717) is 12.5 Å². The molecular weight excluding hydrogens is 240 g/mol. The third-order valence-electron chi connectivity index (χ3n) is 3.85. The van der Waals surface area contributed by atoms with Crippen molar-refractivity contribution in [1.82, 2.24) is 5.32 Å². The van der Waals surface area contributed by atoms with Gasteiger partial charge in [-0.25, -0.2) is 0 Å². The Morgan fingerprint density at radius 3 is 2.84 bits per heavy atom. The van der Waals surface area contributed by atoms with E-state index >= 15 is 0 Å². The maximum atomic E-state index is 6.07. The van der Waals surface area contributed by atoms with Crippen molar-refractivity contribution in [3.8, 4) is 5.75 Å². The molecule has 0 amide bonds. The maximum absolute atomic E-state index is 6.07. The lowest BCUT2D eigenvalue weighted by Gasteiger charge is -2.23. The first-order chi connectivity index (χ1) is 9.38. The third-order valence-corrected chi connectivity index (χ3v) is 3.85. The van der Waals surface area contributed by atoms with Crippen LogP contribution in [0.1, 0.15) is 24.5 Å². The van der Waals surface area contributed by atoms with Gasteiger partial charge in [0.2, 0.25) is 0 Å². The summed E-state index contributed by atoms with van der Waals surface area (Å²) < 4.78 is 11.5. The molecule has 102 valence electrons. The van der Waals surface area contributed by atoms with Crippen molar-refractivity contribution < 1.29 is 9.47 Å². The predicted octanol–water partition coefficient (Wildman–Crippen LogP) is 2.16. The van der Waals surface area contributed by atoms with E-state index in [0.717, 1.165) is 43.1 Å². The van der Waals surface area contributed by atoms with Crippen LogP contribution in [0.15, 0.2) is 29.3 Å². The zero-order chi connectivity index (χ0) is 13.1. The van der Waals surface area contributed by atoms with Crippen molar-refractivity contribution in [3.05, 3.63) is 29.8 Å². The van der Waals surface area contributed by atoms with E-state index in [1.54, 1.807) is 7.11 Å². The fourth-order valence-corrected chi connectivity index (χ4v) is 2.78. The fraction of sp³-hybridized carbons (Fsp3) is 0.533. The van der Waals surface area contributed by atoms with E-state index in [1.807, 2.05) is 18.2 Å². The number of aliphatic imine (C=N–C) groups is 1. The molecule has 4 heteroatoms. The number of methoxy groups -OCH3 is 1. The number of benzene rings is 1. The monoisotopic (exact) mass is 260 g/mol. The molecule has 0 aliphatic carbocycles. The molecule has 1 N–H and O–H groups in total. The van der Waals surface area contributed by atoms with Gasteiger partial charge >= 0.3 is 0 Å². The first-order valence-electron chi connectivity index (χ1n) is 6.93. The number of piperidine rings is 1. The van der Waals surface area contributed by atoms with Gasteiger partial charge in [0.15, 0.2) is 5.90 Å². The highest BCUT2D eigenvalue weighted by Gasteiger charge is 2.29. The van der Waals surface area contributed by atoms with Crippen LogP contribution in [0.4, 0.5) is 0 Å². The summed E-state index contributed by atoms with van der Waals surface area (Å²) in [6.07, 6.45) is 2.26. The number of hydrogen-bond donors (Lipinski definition) is 1. The molecule has 0 radical (unpaired) electrons. The molecule has 1 fully saturated rings. The molecule has 0 bridgehead atoms. The van der Waals surface area contributed by atoms with Gasteiger partial charge in [-0.1, -0.05) is 18.2 Å². The largest absolute Gasteiger partial charge is 0.496 e. The number of para-hydroxylation sites is 1. The average Bonchev–Trinajstić information content (AvgIpc) is 2.98. The Balaban J connectivity index is 1.70. The molecule has 1 aromatic carbocycles. The summed E-state index contributed by atoms with van der Waals surface area (Å²) in [6, 6.07) is 8.03. The molecule has 2 aliphatic rings. The Morgan fingerprint density at radius 2 is 2.05 bits per heavy atom. The summed E-state index contributed by atoms with van der Waals surface area (Å²) in [5, 5.41) is 3.37. The number of nitrogens with one attached hydrogen (secondary N) is 1. The lowest BCUT2D eigenvalue weighted by atomic mass is 9.98. The first-order valence-corrected chi connectivity index (χ1v) is 6.93. The van der Waals surface area contributed by atoms with E-state index < -0.39 is 0 Å². The van der Waals surface area contributed by atoms with Gasteiger partial charge in [-0.15, -0.1) is 0 Å². The summed E-state index contributed by atoms with van der Waals surface area (Å²) in [7, 11) is 1.70. The number of ether oxygens (including phenoxy) is 2. The van der Waals surface area contributed by atoms with Crippen LogP contribution in [0.25, 0.3) is 0 Å². The molecule has 19 heavy (non-hydrogen) atoms. The number of rotatable bonds is 3. The van der Waals surface area contributed by atoms with Crippen LogP contribution in [0.2, 0.25) is 0 Å². The minimum atomic E-state index is 0.0148. The number of nitrogens with zero attached hydrogens (tertiary/aromatic N) is 1. The molecule has 1 unspecified atom stereocenters. The fourth-order valence-electron chi connectivity index (χ4n) is 2.78. The summed E-state index contributed by atoms with van der Waals surface area (Å²) >= 11 is 0. The quantitative estimate of drug-likeness (QED) is 0.905. The Labute approximate surface area is 113 Å². The van der Waals surface area contributed by atoms with Gasteiger partial charge in [0.1, 0.15) is 11.9 Å². The number of hydrogen-bond acceptors (Lipinski definition) is 4. The second-order valence-corrected chi connectivity index (χ2v) is 5.05. The first kappa shape index (κ1) is 12.5. The van der Waals surface area contributed by atoms with Gasteiger partial charge in [0.25, 0.3) is 0 Å². The highest BCUT2D eigenvalue weighted by molar-refractivity contribution is 5.80. The van der Waals surface area contributed by atoms with E-state index in [9.17, 15) is 0 Å². The van der Waals surface area contributed by atoms with Gasteiger partial charge in [-0.3, -0.25) is 4.99 Å². The lowest BCUT2D eigenvalue weighted by molar-refractivity contribution is 0.203. The zero-order valence-electron chi connectivity index (χ0n) is 11.3. The van der Waals surface area contributed by atoms with Crippen LogP contribution >= 0.6 is 0 Å². The topological polar surface area (TPSA) is 42.8 Å². The minimum Gasteiger partial charge on any atom is -0.496 e. The van der Waals surface area contributed by atoms with E-state index in [4.69, 9.17) is 9.47 Å². The molecule has 1 saturated heterocycles. The Hall–Kier alpha value is -1.55. The van der Waals surface area contributed by atoms with Crippen LogP contribution in [0, 0.1) is 5.92 Å². The average molecular weight is 260 g/mol. The Kier molecular flexibility index (Phi) is 3.69. The van der Waals surface area contributed by atoms with E-state index in [-0.39, 0.29) is 6.10 Å². The normalized spacial score (nSPS) is 23.8. The molecule has 0 saturated carbocycles. The highest BCUT2D eigenvalue weighted by atomic mass is 16.5. The van der Waals surface area contributed by atoms with E-state index in [1.165, 1.54) is 0 Å². The van der Waals surface area contributed by atoms with Crippen molar-refractivity contribution in [2.75, 3.05) is 26.7 Å². The summed E-state index contributed by atoms with van der Waals surface area (Å²) in [6.45, 7) is 2.83. The van der Waals surface area contributed by atoms with Crippen LogP contribution in [-0.4, -0.2) is 32.6 Å². The van der Waals surface area contributed by atoms with Gasteiger partial charge in [-0.05, 0) is 32.0 Å². The standard InChI is InChI=1S/C15H20N2O2/c1-18-13-5-3-2-4-12(13)14-10-17-15(19-14)11-6-8-16-9-7-11/h2-5,11,14,16H,6-10H2,1H3. The highest BCUT2D eigenvalue weighted by Crippen LogP contribution is 2.33. The van der Waals surface area contributed by atoms with Gasteiger partial charge in [0.05, 0.1) is 13.7 Å². The van der Waals surface area contributed by atoms with Crippen molar-refractivity contribution in [3.63, 3.8) is 0 Å². The van der Waals surface area contributed by atoms with Crippen molar-refractivity contribution in [2.24, 2.45) is 10.9 Å². The minimum absolute atomic E-state index is 0.0148. The molecular formula is C15H20N2O2. The van der Waals surface area contributed by atoms with Gasteiger partial charge in [-0.2, -0.15) is 0 Å². The Bertz CT molecular complexity index is 467. The SMILES string of the molecule is COc1ccccc1C1CN=C(C2CCNCC2)O1. The van der Waals surface area contributed by atoms with Crippen molar-refractivity contribution in [2.45, 2.75) is 18.9 Å². The summed E-state index contributed by atoms with van der Waals surface area (Å²) in [4.78, 5) is 4.60. The lowest BCUT2D eigenvalue weighted by Crippen LogP contribution is -2.32. The predicted molar refractivity (Wildman–Crippen MR) is 74.7 cm³/mol. The van der Waals surface area contributed by atoms with Crippen LogP contribution < -0.4 is 10.1 Å². The molecule has 3 rings (SSSR count). The molecule has 0 aromatic heterocycles. The van der Waals surface area contributed by atoms with Crippen LogP contribution in [-0.2, 0) is 4.74 Å². The van der Waals surface area contributed by atoms with Crippen LogP contribution in [0.5, 0.6) is 5.75 Å². The molecule has 1 aromatic rings. The molecule has 2 aliphatic heterocycles. The van der Waals surface area contributed by atoms with Crippen molar-refractivity contribution in [1.29, 1.82) is 0 Å². The van der Waals surface area contributed by atoms with Crippen molar-refractivity contribution >= 4 is 5.90 Å². The Morgan fingerprint density at radius 1 is 1.26 bits per heavy atom. The molecule has 2 heterocycles. The zero-order valence-corrected chi connectivity index (χ0v) is 11.3. The molecule has 1 atom stereocenters. The molecule has 0 spiro atoms. The third kappa shape index (κ3) is 2.59. The second kappa shape index (κ2) is 5.61. The maximum Gasteiger partial charge on any atom is 0.187 e. The van der Waals surface area contributed by atoms with Crippen LogP contribution in [0.3, 0.4) is 0 Å². The smallest absolute Gasteiger partial charge is 0.187 e.